The van der Waals surface area contributed by atoms with E-state index in [0.29, 0.717) is 31.0 Å². The van der Waals surface area contributed by atoms with Crippen molar-refractivity contribution in [1.82, 2.24) is 15.6 Å². The molecule has 0 saturated carbocycles. The molecule has 0 aliphatic carbocycles. The molecule has 1 aliphatic rings. The lowest BCUT2D eigenvalue weighted by atomic mass is 9.99. The molecule has 1 atom stereocenters. The Morgan fingerprint density at radius 1 is 1.06 bits per heavy atom. The Kier molecular flexibility index (Phi) is 7.65. The molecule has 7 nitrogen and oxygen atoms in total. The lowest BCUT2D eigenvalue weighted by Gasteiger charge is -2.23. The number of benzene rings is 2. The summed E-state index contributed by atoms with van der Waals surface area (Å²) in [4.78, 5) is 30.3. The van der Waals surface area contributed by atoms with E-state index in [1.165, 1.54) is 6.42 Å². The van der Waals surface area contributed by atoms with Crippen LogP contribution in [-0.2, 0) is 11.3 Å². The van der Waals surface area contributed by atoms with Crippen LogP contribution in [0.2, 0.25) is 0 Å². The van der Waals surface area contributed by atoms with E-state index < -0.39 is 0 Å². The molecule has 1 saturated heterocycles. The average Bonchev–Trinajstić information content (AvgIpc) is 2.86. The number of ether oxygens (including phenoxy) is 1. The second kappa shape index (κ2) is 11.0. The maximum atomic E-state index is 13.2. The molecule has 7 heteroatoms. The van der Waals surface area contributed by atoms with Crippen molar-refractivity contribution >= 4 is 28.3 Å². The molecule has 1 unspecified atom stereocenters. The van der Waals surface area contributed by atoms with Gasteiger partial charge in [0.05, 0.1) is 12.3 Å². The highest BCUT2D eigenvalue weighted by molar-refractivity contribution is 6.15. The highest BCUT2D eigenvalue weighted by Crippen LogP contribution is 2.25. The van der Waals surface area contributed by atoms with Gasteiger partial charge in [0.25, 0.3) is 11.8 Å². The predicted molar refractivity (Wildman–Crippen MR) is 129 cm³/mol. The van der Waals surface area contributed by atoms with Gasteiger partial charge in [0, 0.05) is 31.0 Å². The van der Waals surface area contributed by atoms with Crippen LogP contribution in [0.15, 0.2) is 54.7 Å². The number of aromatic nitrogens is 1. The molecule has 2 heterocycles. The first-order chi connectivity index (χ1) is 16.2. The lowest BCUT2D eigenvalue weighted by molar-refractivity contribution is 0.0943. The number of rotatable bonds is 8. The fourth-order valence-corrected chi connectivity index (χ4v) is 4.17. The summed E-state index contributed by atoms with van der Waals surface area (Å²) in [6.45, 7) is 4.58. The van der Waals surface area contributed by atoms with Crippen molar-refractivity contribution in [2.24, 2.45) is 0 Å². The maximum absolute atomic E-state index is 13.2. The van der Waals surface area contributed by atoms with Crippen LogP contribution in [-0.4, -0.2) is 42.5 Å². The summed E-state index contributed by atoms with van der Waals surface area (Å²) in [5, 5.41) is 11.1. The monoisotopic (exact) mass is 446 g/mol. The predicted octanol–water partition coefficient (Wildman–Crippen LogP) is 3.90. The van der Waals surface area contributed by atoms with E-state index in [2.05, 4.69) is 20.9 Å². The SMILES string of the molecule is CCOCc1ccc(C(=O)Nc2cccnc2C(=O)NCC2CCCCN2)c2ccccc12. The molecule has 3 aromatic rings. The first-order valence-corrected chi connectivity index (χ1v) is 11.5. The Labute approximate surface area is 193 Å². The molecule has 4 rings (SSSR count). The van der Waals surface area contributed by atoms with E-state index >= 15 is 0 Å². The van der Waals surface area contributed by atoms with E-state index in [0.717, 1.165) is 35.7 Å². The topological polar surface area (TPSA) is 92.3 Å². The average molecular weight is 447 g/mol. The number of hydrogen-bond acceptors (Lipinski definition) is 5. The first kappa shape index (κ1) is 22.9. The zero-order valence-electron chi connectivity index (χ0n) is 18.9. The minimum absolute atomic E-state index is 0.207. The molecule has 1 aromatic heterocycles. The van der Waals surface area contributed by atoms with E-state index in [4.69, 9.17) is 4.74 Å². The van der Waals surface area contributed by atoms with Crippen molar-refractivity contribution in [3.63, 3.8) is 0 Å². The highest BCUT2D eigenvalue weighted by Gasteiger charge is 2.19. The minimum atomic E-state index is -0.296. The number of nitrogens with zero attached hydrogens (tertiary/aromatic N) is 1. The standard InChI is InChI=1S/C26H30N4O3/c1-2-33-17-18-12-13-22(21-10-4-3-9-20(18)21)25(31)30-23-11-7-15-28-24(23)26(32)29-16-19-8-5-6-14-27-19/h3-4,7,9-13,15,19,27H,2,5-6,8,14,16-17H2,1H3,(H,29,32)(H,30,31). The van der Waals surface area contributed by atoms with Gasteiger partial charge in [-0.25, -0.2) is 4.98 Å². The largest absolute Gasteiger partial charge is 0.377 e. The molecule has 3 N–H and O–H groups in total. The van der Waals surface area contributed by atoms with Crippen LogP contribution in [0.4, 0.5) is 5.69 Å². The van der Waals surface area contributed by atoms with E-state index in [1.54, 1.807) is 24.4 Å². The Morgan fingerprint density at radius 3 is 2.70 bits per heavy atom. The number of fused-ring (bicyclic) bond motifs is 1. The van der Waals surface area contributed by atoms with Gasteiger partial charge in [0.1, 0.15) is 0 Å². The van der Waals surface area contributed by atoms with Gasteiger partial charge in [-0.15, -0.1) is 0 Å². The van der Waals surface area contributed by atoms with E-state index in [1.807, 2.05) is 37.3 Å². The molecule has 172 valence electrons. The minimum Gasteiger partial charge on any atom is -0.377 e. The molecule has 33 heavy (non-hydrogen) atoms. The summed E-state index contributed by atoms with van der Waals surface area (Å²) in [7, 11) is 0. The molecule has 0 spiro atoms. The third-order valence-electron chi connectivity index (χ3n) is 5.91. The van der Waals surface area contributed by atoms with Crippen molar-refractivity contribution in [2.75, 3.05) is 25.0 Å². The lowest BCUT2D eigenvalue weighted by Crippen LogP contribution is -2.43. The zero-order chi connectivity index (χ0) is 23.0. The number of pyridine rings is 1. The summed E-state index contributed by atoms with van der Waals surface area (Å²) >= 11 is 0. The van der Waals surface area contributed by atoms with Crippen molar-refractivity contribution < 1.29 is 14.3 Å². The number of piperidine rings is 1. The van der Waals surface area contributed by atoms with Gasteiger partial charge in [0.15, 0.2) is 5.69 Å². The van der Waals surface area contributed by atoms with Crippen molar-refractivity contribution in [3.8, 4) is 0 Å². The summed E-state index contributed by atoms with van der Waals surface area (Å²) in [6.07, 6.45) is 4.93. The number of carbonyl (C=O) groups is 2. The fourth-order valence-electron chi connectivity index (χ4n) is 4.17. The van der Waals surface area contributed by atoms with Crippen LogP contribution in [0.3, 0.4) is 0 Å². The molecular weight excluding hydrogens is 416 g/mol. The second-order valence-electron chi connectivity index (χ2n) is 8.17. The fraction of sp³-hybridized carbons (Fsp3) is 0.346. The second-order valence-corrected chi connectivity index (χ2v) is 8.17. The summed E-state index contributed by atoms with van der Waals surface area (Å²) < 4.78 is 5.57. The highest BCUT2D eigenvalue weighted by atomic mass is 16.5. The van der Waals surface area contributed by atoms with Crippen LogP contribution in [0.1, 0.15) is 52.6 Å². The number of hydrogen-bond donors (Lipinski definition) is 3. The van der Waals surface area contributed by atoms with Gasteiger partial charge < -0.3 is 20.7 Å². The van der Waals surface area contributed by atoms with E-state index in [-0.39, 0.29) is 23.6 Å². The number of amides is 2. The van der Waals surface area contributed by atoms with Gasteiger partial charge >= 0.3 is 0 Å². The van der Waals surface area contributed by atoms with Crippen LogP contribution in [0.25, 0.3) is 10.8 Å². The number of anilines is 1. The molecule has 1 aliphatic heterocycles. The molecule has 0 bridgehead atoms. The molecule has 2 aromatic carbocycles. The van der Waals surface area contributed by atoms with Gasteiger partial charge in [-0.2, -0.15) is 0 Å². The van der Waals surface area contributed by atoms with Crippen molar-refractivity contribution in [1.29, 1.82) is 0 Å². The molecule has 1 fully saturated rings. The van der Waals surface area contributed by atoms with Crippen molar-refractivity contribution in [2.45, 2.75) is 38.8 Å². The smallest absolute Gasteiger partial charge is 0.272 e. The summed E-state index contributed by atoms with van der Waals surface area (Å²) in [6, 6.07) is 15.2. The Balaban J connectivity index is 1.52. The van der Waals surface area contributed by atoms with Gasteiger partial charge in [-0.3, -0.25) is 9.59 Å². The maximum Gasteiger partial charge on any atom is 0.272 e. The van der Waals surface area contributed by atoms with Crippen LogP contribution in [0, 0.1) is 0 Å². The Bertz CT molecular complexity index is 1130. The third kappa shape index (κ3) is 5.56. The Hall–Kier alpha value is -3.29. The molecular formula is C26H30N4O3. The van der Waals surface area contributed by atoms with Crippen LogP contribution >= 0.6 is 0 Å². The number of carbonyl (C=O) groups excluding carboxylic acids is 2. The van der Waals surface area contributed by atoms with E-state index in [9.17, 15) is 9.59 Å². The van der Waals surface area contributed by atoms with Gasteiger partial charge in [0.2, 0.25) is 0 Å². The van der Waals surface area contributed by atoms with Crippen LogP contribution < -0.4 is 16.0 Å². The zero-order valence-corrected chi connectivity index (χ0v) is 18.9. The van der Waals surface area contributed by atoms with Gasteiger partial charge in [-0.1, -0.05) is 36.8 Å². The third-order valence-corrected chi connectivity index (χ3v) is 5.91. The molecule has 2 amide bonds. The number of nitrogens with one attached hydrogen (secondary N) is 3. The van der Waals surface area contributed by atoms with Crippen molar-refractivity contribution in [3.05, 3.63) is 71.5 Å². The van der Waals surface area contributed by atoms with Gasteiger partial charge in [-0.05, 0) is 60.8 Å². The normalized spacial score (nSPS) is 15.8. The first-order valence-electron chi connectivity index (χ1n) is 11.5. The quantitative estimate of drug-likeness (QED) is 0.488. The summed E-state index contributed by atoms with van der Waals surface area (Å²) in [5.74, 6) is -0.583. The molecule has 0 radical (unpaired) electrons. The summed E-state index contributed by atoms with van der Waals surface area (Å²) in [5.41, 5.74) is 2.16. The Morgan fingerprint density at radius 2 is 1.91 bits per heavy atom. The van der Waals surface area contributed by atoms with Crippen LogP contribution in [0.5, 0.6) is 0 Å².